The number of benzene rings is 4. The second-order valence-corrected chi connectivity index (χ2v) is 8.33. The smallest absolute Gasteiger partial charge is 0.217 e. The van der Waals surface area contributed by atoms with Crippen LogP contribution in [0.3, 0.4) is 0 Å². The zero-order valence-corrected chi connectivity index (χ0v) is 18.2. The van der Waals surface area contributed by atoms with Crippen molar-refractivity contribution >= 4 is 5.71 Å². The molecule has 2 unspecified atom stereocenters. The third-order valence-corrected chi connectivity index (χ3v) is 6.23. The zero-order valence-electron chi connectivity index (χ0n) is 18.2. The largest absolute Gasteiger partial charge is 0.488 e. The van der Waals surface area contributed by atoms with E-state index < -0.39 is 0 Å². The van der Waals surface area contributed by atoms with Crippen LogP contribution in [0.4, 0.5) is 0 Å². The molecule has 0 radical (unpaired) electrons. The van der Waals surface area contributed by atoms with Gasteiger partial charge in [-0.25, -0.2) is 5.01 Å². The standard InChI is InChI=1S/C29H24N2O2/c1-3-11-21(12-4-1)20-32-27-17-9-8-16-24(27)29-31-26(23-15-7-10-18-28(23)33-29)19-25(30-31)22-13-5-2-6-14-22/h1-18,26,29H,19-20H2. The monoisotopic (exact) mass is 432 g/mol. The first kappa shape index (κ1) is 19.6. The van der Waals surface area contributed by atoms with Gasteiger partial charge in [0.1, 0.15) is 18.1 Å². The maximum absolute atomic E-state index is 6.55. The Labute approximate surface area is 193 Å². The summed E-state index contributed by atoms with van der Waals surface area (Å²) < 4.78 is 12.8. The maximum atomic E-state index is 6.55. The number of para-hydroxylation sites is 2. The van der Waals surface area contributed by atoms with Gasteiger partial charge in [0.2, 0.25) is 6.23 Å². The van der Waals surface area contributed by atoms with Crippen molar-refractivity contribution < 1.29 is 9.47 Å². The predicted octanol–water partition coefficient (Wildman–Crippen LogP) is 6.51. The molecule has 0 aliphatic carbocycles. The summed E-state index contributed by atoms with van der Waals surface area (Å²) in [5, 5.41) is 7.17. The lowest BCUT2D eigenvalue weighted by Gasteiger charge is -2.38. The fourth-order valence-electron chi connectivity index (χ4n) is 4.60. The quantitative estimate of drug-likeness (QED) is 0.361. The minimum Gasteiger partial charge on any atom is -0.488 e. The van der Waals surface area contributed by atoms with Gasteiger partial charge in [0.25, 0.3) is 0 Å². The molecule has 0 spiro atoms. The number of hydrogen-bond donors (Lipinski definition) is 0. The van der Waals surface area contributed by atoms with Crippen molar-refractivity contribution in [1.82, 2.24) is 5.01 Å². The first-order chi connectivity index (χ1) is 16.4. The first-order valence-electron chi connectivity index (χ1n) is 11.3. The van der Waals surface area contributed by atoms with Gasteiger partial charge in [-0.2, -0.15) is 5.10 Å². The molecule has 4 heteroatoms. The van der Waals surface area contributed by atoms with Crippen LogP contribution < -0.4 is 9.47 Å². The van der Waals surface area contributed by atoms with Gasteiger partial charge in [-0.1, -0.05) is 91.0 Å². The van der Waals surface area contributed by atoms with Crippen molar-refractivity contribution in [2.24, 2.45) is 5.10 Å². The number of hydrazone groups is 1. The van der Waals surface area contributed by atoms with E-state index in [1.165, 1.54) is 5.56 Å². The molecule has 0 aromatic heterocycles. The molecule has 2 heterocycles. The molecule has 0 saturated heterocycles. The molecule has 6 rings (SSSR count). The van der Waals surface area contributed by atoms with Crippen molar-refractivity contribution in [2.45, 2.75) is 25.3 Å². The third kappa shape index (κ3) is 3.74. The molecule has 0 amide bonds. The summed E-state index contributed by atoms with van der Waals surface area (Å²) in [4.78, 5) is 0. The number of ether oxygens (including phenoxy) is 2. The van der Waals surface area contributed by atoms with Crippen molar-refractivity contribution in [3.05, 3.63) is 131 Å². The van der Waals surface area contributed by atoms with Crippen molar-refractivity contribution in [3.8, 4) is 11.5 Å². The van der Waals surface area contributed by atoms with Crippen molar-refractivity contribution in [2.75, 3.05) is 0 Å². The van der Waals surface area contributed by atoms with E-state index in [0.717, 1.165) is 40.3 Å². The van der Waals surface area contributed by atoms with Crippen molar-refractivity contribution in [1.29, 1.82) is 0 Å². The van der Waals surface area contributed by atoms with Gasteiger partial charge >= 0.3 is 0 Å². The van der Waals surface area contributed by atoms with E-state index in [0.29, 0.717) is 6.61 Å². The zero-order chi connectivity index (χ0) is 22.0. The number of nitrogens with zero attached hydrogens (tertiary/aromatic N) is 2. The first-order valence-corrected chi connectivity index (χ1v) is 11.3. The summed E-state index contributed by atoms with van der Waals surface area (Å²) in [5.41, 5.74) is 5.51. The Morgan fingerprint density at radius 1 is 0.758 bits per heavy atom. The van der Waals surface area contributed by atoms with Crippen LogP contribution in [-0.4, -0.2) is 10.7 Å². The Hall–Kier alpha value is -4.05. The molecule has 4 nitrogen and oxygen atoms in total. The molecule has 4 aromatic rings. The maximum Gasteiger partial charge on any atom is 0.217 e. The Balaban J connectivity index is 1.38. The van der Waals surface area contributed by atoms with E-state index in [2.05, 4.69) is 59.6 Å². The van der Waals surface area contributed by atoms with Crippen LogP contribution in [0.2, 0.25) is 0 Å². The summed E-state index contributed by atoms with van der Waals surface area (Å²) >= 11 is 0. The summed E-state index contributed by atoms with van der Waals surface area (Å²) in [7, 11) is 0. The summed E-state index contributed by atoms with van der Waals surface area (Å²) in [6, 6.07) is 37.1. The molecule has 2 atom stereocenters. The highest BCUT2D eigenvalue weighted by Gasteiger charge is 2.41. The summed E-state index contributed by atoms with van der Waals surface area (Å²) in [5.74, 6) is 1.72. The normalized spacial score (nSPS) is 18.7. The van der Waals surface area contributed by atoms with Gasteiger partial charge in [0.15, 0.2) is 0 Å². The van der Waals surface area contributed by atoms with E-state index in [1.54, 1.807) is 0 Å². The fourth-order valence-corrected chi connectivity index (χ4v) is 4.60. The topological polar surface area (TPSA) is 34.1 Å². The molecular weight excluding hydrogens is 408 g/mol. The van der Waals surface area contributed by atoms with Crippen LogP contribution in [0.15, 0.2) is 114 Å². The second-order valence-electron chi connectivity index (χ2n) is 8.33. The number of fused-ring (bicyclic) bond motifs is 3. The van der Waals surface area contributed by atoms with E-state index in [-0.39, 0.29) is 12.3 Å². The third-order valence-electron chi connectivity index (χ3n) is 6.23. The Bertz CT molecular complexity index is 1290. The summed E-state index contributed by atoms with van der Waals surface area (Å²) in [6.07, 6.45) is 0.478. The van der Waals surface area contributed by atoms with Crippen LogP contribution in [0.1, 0.15) is 40.9 Å². The Morgan fingerprint density at radius 3 is 2.24 bits per heavy atom. The van der Waals surface area contributed by atoms with Crippen LogP contribution >= 0.6 is 0 Å². The highest BCUT2D eigenvalue weighted by atomic mass is 16.5. The molecular formula is C29H24N2O2. The van der Waals surface area contributed by atoms with Gasteiger partial charge in [0, 0.05) is 12.0 Å². The lowest BCUT2D eigenvalue weighted by Crippen LogP contribution is -2.34. The highest BCUT2D eigenvalue weighted by Crippen LogP contribution is 2.48. The Kier molecular flexibility index (Phi) is 5.04. The molecule has 0 N–H and O–H groups in total. The Morgan fingerprint density at radius 2 is 1.42 bits per heavy atom. The molecule has 2 aliphatic rings. The van der Waals surface area contributed by atoms with Gasteiger partial charge in [-0.15, -0.1) is 0 Å². The number of rotatable bonds is 5. The molecule has 2 aliphatic heterocycles. The summed E-state index contributed by atoms with van der Waals surface area (Å²) in [6.45, 7) is 0.503. The van der Waals surface area contributed by atoms with Crippen LogP contribution in [0.5, 0.6) is 11.5 Å². The molecule has 4 aromatic carbocycles. The lowest BCUT2D eigenvalue weighted by molar-refractivity contribution is -0.0207. The van der Waals surface area contributed by atoms with Gasteiger partial charge in [-0.05, 0) is 29.3 Å². The average Bonchev–Trinajstić information content (AvgIpc) is 3.34. The minimum atomic E-state index is -0.363. The lowest BCUT2D eigenvalue weighted by atomic mass is 9.96. The van der Waals surface area contributed by atoms with E-state index in [9.17, 15) is 0 Å². The van der Waals surface area contributed by atoms with Gasteiger partial charge in [-0.3, -0.25) is 0 Å². The molecule has 0 saturated carbocycles. The molecule has 162 valence electrons. The van der Waals surface area contributed by atoms with Crippen LogP contribution in [0.25, 0.3) is 0 Å². The van der Waals surface area contributed by atoms with Gasteiger partial charge in [0.05, 0.1) is 17.3 Å². The van der Waals surface area contributed by atoms with Gasteiger partial charge < -0.3 is 9.47 Å². The van der Waals surface area contributed by atoms with Crippen LogP contribution in [0, 0.1) is 0 Å². The van der Waals surface area contributed by atoms with E-state index >= 15 is 0 Å². The van der Waals surface area contributed by atoms with E-state index in [1.807, 2.05) is 54.6 Å². The minimum absolute atomic E-state index is 0.123. The predicted molar refractivity (Wildman–Crippen MR) is 129 cm³/mol. The fraction of sp³-hybridized carbons (Fsp3) is 0.138. The molecule has 0 bridgehead atoms. The molecule has 33 heavy (non-hydrogen) atoms. The van der Waals surface area contributed by atoms with Crippen LogP contribution in [-0.2, 0) is 6.61 Å². The molecule has 0 fully saturated rings. The highest BCUT2D eigenvalue weighted by molar-refractivity contribution is 6.01. The second kappa shape index (κ2) is 8.47. The number of hydrogen-bond acceptors (Lipinski definition) is 4. The van der Waals surface area contributed by atoms with E-state index in [4.69, 9.17) is 14.6 Å². The SMILES string of the molecule is c1ccc(COc2ccccc2C2Oc3ccccc3C3CC(c4ccccc4)=NN32)cc1. The van der Waals surface area contributed by atoms with Crippen molar-refractivity contribution in [3.63, 3.8) is 0 Å². The average molecular weight is 433 g/mol.